The van der Waals surface area contributed by atoms with Crippen LogP contribution in [0.5, 0.6) is 0 Å². The first-order valence-corrected chi connectivity index (χ1v) is 12.3. The van der Waals surface area contributed by atoms with Gasteiger partial charge in [0.2, 0.25) is 0 Å². The number of benzene rings is 4. The normalized spacial score (nSPS) is 14.3. The van der Waals surface area contributed by atoms with E-state index in [0.29, 0.717) is 5.89 Å². The summed E-state index contributed by atoms with van der Waals surface area (Å²) in [7, 11) is 2.03. The quantitative estimate of drug-likeness (QED) is 0.191. The summed E-state index contributed by atoms with van der Waals surface area (Å²) in [6, 6.07) is 33.4. The molecule has 0 amide bonds. The van der Waals surface area contributed by atoms with E-state index in [1.807, 2.05) is 24.2 Å². The molecule has 0 saturated heterocycles. The Morgan fingerprint density at radius 2 is 1.47 bits per heavy atom. The van der Waals surface area contributed by atoms with Crippen molar-refractivity contribution in [3.8, 4) is 33.7 Å². The first-order valence-electron chi connectivity index (χ1n) is 12.3. The average Bonchev–Trinajstić information content (AvgIpc) is 3.65. The van der Waals surface area contributed by atoms with Crippen molar-refractivity contribution in [2.24, 2.45) is 0 Å². The largest absolute Gasteiger partial charge is 0.510 e. The van der Waals surface area contributed by atoms with Gasteiger partial charge in [-0.1, -0.05) is 93.1 Å². The van der Waals surface area contributed by atoms with Crippen LogP contribution in [0.4, 0.5) is 17.1 Å². The van der Waals surface area contributed by atoms with Gasteiger partial charge in [0.25, 0.3) is 0 Å². The number of fused-ring (bicyclic) bond motifs is 11. The molecular weight excluding hydrogens is 650 g/mol. The zero-order valence-corrected chi connectivity index (χ0v) is 22.7. The second-order valence-electron chi connectivity index (χ2n) is 9.51. The van der Waals surface area contributed by atoms with Crippen LogP contribution in [0.2, 0.25) is 0 Å². The maximum absolute atomic E-state index is 5.65. The number of anilines is 3. The predicted octanol–water partition coefficient (Wildman–Crippen LogP) is 5.19. The first-order chi connectivity index (χ1) is 18.3. The zero-order valence-electron chi connectivity index (χ0n) is 20.4. The van der Waals surface area contributed by atoms with Crippen LogP contribution in [-0.4, -0.2) is 23.8 Å². The van der Waals surface area contributed by atoms with Gasteiger partial charge in [-0.15, -0.1) is 41.6 Å². The minimum Gasteiger partial charge on any atom is -0.510 e. The molecule has 0 spiro atoms. The van der Waals surface area contributed by atoms with E-state index < -0.39 is 0 Å². The summed E-state index contributed by atoms with van der Waals surface area (Å²) in [4.78, 5) is 10.9. The monoisotopic (exact) mass is 670 g/mol. The van der Waals surface area contributed by atoms with E-state index in [0.717, 1.165) is 33.8 Å². The third-order valence-corrected chi connectivity index (χ3v) is 7.38. The molecule has 0 unspecified atom stereocenters. The van der Waals surface area contributed by atoms with Crippen molar-refractivity contribution >= 4 is 34.8 Å². The topological polar surface area (TPSA) is 35.8 Å². The van der Waals surface area contributed by atoms with Crippen LogP contribution >= 0.6 is 0 Å². The van der Waals surface area contributed by atoms with Gasteiger partial charge in [0.1, 0.15) is 5.89 Å². The fourth-order valence-corrected chi connectivity index (χ4v) is 5.77. The molecule has 3 aliphatic rings. The van der Waals surface area contributed by atoms with Gasteiger partial charge in [-0.25, -0.2) is 0 Å². The van der Waals surface area contributed by atoms with E-state index in [9.17, 15) is 0 Å². The van der Waals surface area contributed by atoms with Crippen LogP contribution in [0.15, 0.2) is 102 Å². The predicted molar refractivity (Wildman–Crippen MR) is 148 cm³/mol. The molecule has 1 aromatic heterocycles. The van der Waals surface area contributed by atoms with Crippen molar-refractivity contribution in [3.63, 3.8) is 0 Å². The van der Waals surface area contributed by atoms with Gasteiger partial charge in [0, 0.05) is 21.1 Å². The zero-order chi connectivity index (χ0) is 24.5. The molecule has 5 nitrogen and oxygen atoms in total. The standard InChI is InChI=1S/C31H20BN4O.Pt/c1-34-15-16-35(20-34)22-11-13-26-24-7-3-5-9-28(24)32-27-8-4-2-6-23(27)25-12-10-21(31-33-14-17-37-31)18-29(25)36(32)30(26)19-22;/h2-17,20H,1H3;/q-3;. The Bertz CT molecular complexity index is 1720. The number of rotatable bonds is 2. The van der Waals surface area contributed by atoms with Crippen molar-refractivity contribution < 1.29 is 25.5 Å². The van der Waals surface area contributed by atoms with E-state index in [2.05, 4.69) is 106 Å². The van der Waals surface area contributed by atoms with Crippen molar-refractivity contribution in [3.05, 3.63) is 116 Å². The van der Waals surface area contributed by atoms with Crippen molar-refractivity contribution in [1.82, 2.24) is 9.88 Å². The van der Waals surface area contributed by atoms with Crippen LogP contribution in [0.25, 0.3) is 33.7 Å². The molecule has 7 heteroatoms. The third-order valence-electron chi connectivity index (χ3n) is 7.38. The first kappa shape index (κ1) is 23.1. The number of hydrogen-bond acceptors (Lipinski definition) is 5. The molecule has 0 radical (unpaired) electrons. The molecule has 5 aromatic rings. The second kappa shape index (κ2) is 8.78. The Balaban J connectivity index is 0.00000242. The van der Waals surface area contributed by atoms with Gasteiger partial charge >= 0.3 is 6.85 Å². The molecule has 8 rings (SSSR count). The molecule has 4 heterocycles. The Kier molecular flexibility index (Phi) is 5.34. The van der Waals surface area contributed by atoms with Crippen LogP contribution in [0.1, 0.15) is 0 Å². The molecule has 0 atom stereocenters. The van der Waals surface area contributed by atoms with Crippen LogP contribution in [0, 0.1) is 18.8 Å². The molecule has 3 aliphatic heterocycles. The maximum Gasteiger partial charge on any atom is 0.324 e. The van der Waals surface area contributed by atoms with Crippen LogP contribution in [-0.2, 0) is 21.1 Å². The SMILES string of the molecule is CN1C=CN(c2[c-]c3c(cc2)-c2ccccc2B2c4ccccc4-c4ccc(-c5ncco5)[c-]c4N23)[CH-]1.[Pt]. The van der Waals surface area contributed by atoms with Gasteiger partial charge < -0.3 is 19.0 Å². The molecule has 186 valence electrons. The van der Waals surface area contributed by atoms with Crippen molar-refractivity contribution in [2.45, 2.75) is 0 Å². The average molecular weight is 670 g/mol. The van der Waals surface area contributed by atoms with E-state index in [1.54, 1.807) is 12.5 Å². The molecule has 0 bridgehead atoms. The molecule has 0 saturated carbocycles. The number of hydrogen-bond donors (Lipinski definition) is 0. The molecule has 4 aromatic carbocycles. The summed E-state index contributed by atoms with van der Waals surface area (Å²) in [6.07, 6.45) is 7.36. The third kappa shape index (κ3) is 3.33. The Labute approximate surface area is 236 Å². The number of aromatic nitrogens is 1. The maximum atomic E-state index is 5.65. The van der Waals surface area contributed by atoms with Gasteiger partial charge in [-0.05, 0) is 19.4 Å². The Morgan fingerprint density at radius 3 is 2.13 bits per heavy atom. The molecular formula is C31H20BN4OPt-3. The molecule has 0 N–H and O–H groups in total. The van der Waals surface area contributed by atoms with Crippen LogP contribution < -0.4 is 20.6 Å². The second-order valence-corrected chi connectivity index (χ2v) is 9.51. The summed E-state index contributed by atoms with van der Waals surface area (Å²) in [5, 5.41) is 0. The Hall–Kier alpha value is -4.02. The minimum absolute atomic E-state index is 0. The minimum atomic E-state index is -0.00395. The fourth-order valence-electron chi connectivity index (χ4n) is 5.77. The van der Waals surface area contributed by atoms with Crippen molar-refractivity contribution in [2.75, 3.05) is 16.8 Å². The molecule has 0 aliphatic carbocycles. The Morgan fingerprint density at radius 1 is 0.789 bits per heavy atom. The van der Waals surface area contributed by atoms with Gasteiger partial charge in [0.15, 0.2) is 0 Å². The van der Waals surface area contributed by atoms with E-state index in [1.165, 1.54) is 22.1 Å². The summed E-state index contributed by atoms with van der Waals surface area (Å²) in [6.45, 7) is 2.05. The fraction of sp³-hybridized carbons (Fsp3) is 0.0323. The van der Waals surface area contributed by atoms with Gasteiger partial charge in [0.05, 0.1) is 12.5 Å². The van der Waals surface area contributed by atoms with Gasteiger partial charge in [-0.2, -0.15) is 12.7 Å². The number of oxazole rings is 1. The number of nitrogens with zero attached hydrogens (tertiary/aromatic N) is 4. The van der Waals surface area contributed by atoms with E-state index in [-0.39, 0.29) is 27.9 Å². The summed E-state index contributed by atoms with van der Waals surface area (Å²) in [5.74, 6) is 0.563. The molecule has 38 heavy (non-hydrogen) atoms. The smallest absolute Gasteiger partial charge is 0.324 e. The summed E-state index contributed by atoms with van der Waals surface area (Å²) >= 11 is 0. The van der Waals surface area contributed by atoms with Crippen molar-refractivity contribution in [1.29, 1.82) is 0 Å². The van der Waals surface area contributed by atoms with E-state index >= 15 is 0 Å². The summed E-state index contributed by atoms with van der Waals surface area (Å²) < 4.78 is 5.65. The summed E-state index contributed by atoms with van der Waals surface area (Å²) in [5.41, 5.74) is 11.2. The van der Waals surface area contributed by atoms with Crippen LogP contribution in [0.3, 0.4) is 0 Å². The molecule has 0 fully saturated rings. The van der Waals surface area contributed by atoms with E-state index in [4.69, 9.17) is 4.42 Å². The van der Waals surface area contributed by atoms with Gasteiger partial charge in [-0.3, -0.25) is 4.98 Å².